The third-order valence-corrected chi connectivity index (χ3v) is 5.14. The number of anilines is 2. The second-order valence-electron chi connectivity index (χ2n) is 6.06. The average Bonchev–Trinajstić information content (AvgIpc) is 3.08. The predicted molar refractivity (Wildman–Crippen MR) is 94.2 cm³/mol. The Kier molecular flexibility index (Phi) is 5.96. The summed E-state index contributed by atoms with van der Waals surface area (Å²) in [5, 5.41) is 15.1. The molecule has 0 spiro atoms. The Labute approximate surface area is 141 Å². The molecule has 3 heterocycles. The van der Waals surface area contributed by atoms with Crippen LogP contribution in [0.5, 0.6) is 0 Å². The zero-order valence-corrected chi connectivity index (χ0v) is 14.1. The van der Waals surface area contributed by atoms with Crippen LogP contribution in [0.4, 0.5) is 10.9 Å². The minimum atomic E-state index is 0.274. The summed E-state index contributed by atoms with van der Waals surface area (Å²) in [5.41, 5.74) is 1.33. The number of β-amino-alcohol motifs (C(OH)–C–C–N with tert-alkyl or cyclic N) is 1. The second kappa shape index (κ2) is 8.38. The van der Waals surface area contributed by atoms with Crippen LogP contribution >= 0.6 is 11.3 Å². The summed E-state index contributed by atoms with van der Waals surface area (Å²) in [4.78, 5) is 11.0. The second-order valence-corrected chi connectivity index (χ2v) is 6.95. The standard InChI is InChI=1S/C17H24N4OS/c22-11-10-21-8-4-14(5-9-21)1-2-15-3-6-18-16(13-15)20-17-19-7-12-23-17/h3,6-7,12-14,22H,1-2,4-5,8-11H2,(H,18,19,20). The molecule has 1 aliphatic heterocycles. The van der Waals surface area contributed by atoms with Gasteiger partial charge in [-0.25, -0.2) is 9.97 Å². The third-order valence-electron chi connectivity index (χ3n) is 4.46. The molecule has 0 bridgehead atoms. The van der Waals surface area contributed by atoms with Crippen LogP contribution in [0, 0.1) is 5.92 Å². The molecule has 5 nitrogen and oxygen atoms in total. The third kappa shape index (κ3) is 4.99. The number of hydrogen-bond donors (Lipinski definition) is 2. The van der Waals surface area contributed by atoms with Crippen LogP contribution in [0.25, 0.3) is 0 Å². The number of pyridine rings is 1. The van der Waals surface area contributed by atoms with E-state index in [0.29, 0.717) is 0 Å². The van der Waals surface area contributed by atoms with Crippen LogP contribution in [0.2, 0.25) is 0 Å². The number of aromatic nitrogens is 2. The number of aliphatic hydroxyl groups is 1. The molecular weight excluding hydrogens is 308 g/mol. The minimum Gasteiger partial charge on any atom is -0.395 e. The van der Waals surface area contributed by atoms with Crippen LogP contribution < -0.4 is 5.32 Å². The molecule has 1 saturated heterocycles. The first-order chi connectivity index (χ1) is 11.3. The maximum absolute atomic E-state index is 9.00. The van der Waals surface area contributed by atoms with Gasteiger partial charge >= 0.3 is 0 Å². The summed E-state index contributed by atoms with van der Waals surface area (Å²) in [5.74, 6) is 1.67. The summed E-state index contributed by atoms with van der Waals surface area (Å²) in [6.45, 7) is 3.34. The normalized spacial score (nSPS) is 16.6. The van der Waals surface area contributed by atoms with Crippen LogP contribution in [0.3, 0.4) is 0 Å². The quantitative estimate of drug-likeness (QED) is 0.816. The lowest BCUT2D eigenvalue weighted by Crippen LogP contribution is -2.35. The van der Waals surface area contributed by atoms with Crippen molar-refractivity contribution >= 4 is 22.3 Å². The maximum Gasteiger partial charge on any atom is 0.188 e. The molecule has 3 rings (SSSR count). The number of nitrogens with one attached hydrogen (secondary N) is 1. The number of piperidine rings is 1. The fourth-order valence-electron chi connectivity index (χ4n) is 3.10. The van der Waals surface area contributed by atoms with Crippen molar-refractivity contribution < 1.29 is 5.11 Å². The number of rotatable bonds is 7. The molecule has 0 saturated carbocycles. The Morgan fingerprint density at radius 2 is 2.13 bits per heavy atom. The predicted octanol–water partition coefficient (Wildman–Crippen LogP) is 2.92. The van der Waals surface area contributed by atoms with Gasteiger partial charge in [-0.05, 0) is 62.4 Å². The molecule has 0 aromatic carbocycles. The number of aliphatic hydroxyl groups excluding tert-OH is 1. The number of thiazole rings is 1. The van der Waals surface area contributed by atoms with Crippen LogP contribution in [0.15, 0.2) is 29.9 Å². The molecule has 1 aliphatic rings. The number of hydrogen-bond acceptors (Lipinski definition) is 6. The first-order valence-corrected chi connectivity index (χ1v) is 9.16. The van der Waals surface area contributed by atoms with Gasteiger partial charge < -0.3 is 15.3 Å². The van der Waals surface area contributed by atoms with Crippen molar-refractivity contribution in [2.75, 3.05) is 31.6 Å². The van der Waals surface area contributed by atoms with Crippen molar-refractivity contribution in [3.63, 3.8) is 0 Å². The lowest BCUT2D eigenvalue weighted by Gasteiger charge is -2.31. The SMILES string of the molecule is OCCN1CCC(CCc2ccnc(Nc3nccs3)c2)CC1. The van der Waals surface area contributed by atoms with Gasteiger partial charge in [0.05, 0.1) is 6.61 Å². The Hall–Kier alpha value is -1.50. The van der Waals surface area contributed by atoms with Gasteiger partial charge in [-0.1, -0.05) is 0 Å². The molecular formula is C17H24N4OS. The highest BCUT2D eigenvalue weighted by atomic mass is 32.1. The fraction of sp³-hybridized carbons (Fsp3) is 0.529. The van der Waals surface area contributed by atoms with Gasteiger partial charge in [0.15, 0.2) is 5.13 Å². The van der Waals surface area contributed by atoms with E-state index < -0.39 is 0 Å². The molecule has 2 aromatic heterocycles. The van der Waals surface area contributed by atoms with Gasteiger partial charge in [-0.3, -0.25) is 0 Å². The summed E-state index contributed by atoms with van der Waals surface area (Å²) in [6, 6.07) is 4.23. The van der Waals surface area contributed by atoms with Crippen molar-refractivity contribution in [2.24, 2.45) is 5.92 Å². The van der Waals surface area contributed by atoms with Crippen molar-refractivity contribution in [1.82, 2.24) is 14.9 Å². The molecule has 23 heavy (non-hydrogen) atoms. The zero-order valence-electron chi connectivity index (χ0n) is 13.3. The van der Waals surface area contributed by atoms with E-state index in [1.165, 1.54) is 24.8 Å². The summed E-state index contributed by atoms with van der Waals surface area (Å²) < 4.78 is 0. The lowest BCUT2D eigenvalue weighted by molar-refractivity contribution is 0.144. The highest BCUT2D eigenvalue weighted by Crippen LogP contribution is 2.23. The molecule has 2 N–H and O–H groups in total. The van der Waals surface area contributed by atoms with Gasteiger partial charge in [0.1, 0.15) is 5.82 Å². The van der Waals surface area contributed by atoms with Crippen LogP contribution in [-0.4, -0.2) is 46.2 Å². The molecule has 124 valence electrons. The van der Waals surface area contributed by atoms with E-state index in [-0.39, 0.29) is 6.61 Å². The Morgan fingerprint density at radius 1 is 1.26 bits per heavy atom. The Balaban J connectivity index is 1.47. The van der Waals surface area contributed by atoms with E-state index >= 15 is 0 Å². The van der Waals surface area contributed by atoms with E-state index in [9.17, 15) is 0 Å². The fourth-order valence-corrected chi connectivity index (χ4v) is 3.64. The molecule has 6 heteroatoms. The van der Waals surface area contributed by atoms with E-state index in [4.69, 9.17) is 5.11 Å². The molecule has 0 unspecified atom stereocenters. The van der Waals surface area contributed by atoms with E-state index in [1.807, 2.05) is 11.6 Å². The Bertz CT molecular complexity index is 582. The maximum atomic E-state index is 9.00. The summed E-state index contributed by atoms with van der Waals surface area (Å²) in [7, 11) is 0. The molecule has 0 aliphatic carbocycles. The average molecular weight is 332 g/mol. The highest BCUT2D eigenvalue weighted by molar-refractivity contribution is 7.13. The first kappa shape index (κ1) is 16.4. The van der Waals surface area contributed by atoms with Gasteiger partial charge in [0.25, 0.3) is 0 Å². The number of aryl methyl sites for hydroxylation is 1. The summed E-state index contributed by atoms with van der Waals surface area (Å²) in [6.07, 6.45) is 8.48. The molecule has 0 amide bonds. The molecule has 0 radical (unpaired) electrons. The van der Waals surface area contributed by atoms with E-state index in [2.05, 4.69) is 32.3 Å². The minimum absolute atomic E-state index is 0.274. The van der Waals surface area contributed by atoms with Crippen molar-refractivity contribution in [3.8, 4) is 0 Å². The highest BCUT2D eigenvalue weighted by Gasteiger charge is 2.18. The largest absolute Gasteiger partial charge is 0.395 e. The van der Waals surface area contributed by atoms with Crippen molar-refractivity contribution in [1.29, 1.82) is 0 Å². The van der Waals surface area contributed by atoms with Crippen molar-refractivity contribution in [3.05, 3.63) is 35.5 Å². The molecule has 0 atom stereocenters. The smallest absolute Gasteiger partial charge is 0.188 e. The summed E-state index contributed by atoms with van der Waals surface area (Å²) >= 11 is 1.58. The zero-order chi connectivity index (χ0) is 15.9. The van der Waals surface area contributed by atoms with Gasteiger partial charge in [-0.15, -0.1) is 11.3 Å². The number of likely N-dealkylation sites (tertiary alicyclic amines) is 1. The Morgan fingerprint density at radius 3 is 2.87 bits per heavy atom. The van der Waals surface area contributed by atoms with E-state index in [1.54, 1.807) is 17.5 Å². The van der Waals surface area contributed by atoms with Crippen LogP contribution in [0.1, 0.15) is 24.8 Å². The van der Waals surface area contributed by atoms with Crippen LogP contribution in [-0.2, 0) is 6.42 Å². The van der Waals surface area contributed by atoms with Crippen molar-refractivity contribution in [2.45, 2.75) is 25.7 Å². The van der Waals surface area contributed by atoms with E-state index in [0.717, 1.165) is 42.9 Å². The molecule has 1 fully saturated rings. The van der Waals surface area contributed by atoms with Gasteiger partial charge in [0.2, 0.25) is 0 Å². The first-order valence-electron chi connectivity index (χ1n) is 8.28. The topological polar surface area (TPSA) is 61.3 Å². The van der Waals surface area contributed by atoms with Gasteiger partial charge in [0, 0.05) is 24.3 Å². The number of nitrogens with zero attached hydrogens (tertiary/aromatic N) is 3. The lowest BCUT2D eigenvalue weighted by atomic mass is 9.91. The monoisotopic (exact) mass is 332 g/mol. The molecule has 2 aromatic rings. The van der Waals surface area contributed by atoms with Gasteiger partial charge in [-0.2, -0.15) is 0 Å².